The van der Waals surface area contributed by atoms with Gasteiger partial charge in [-0.3, -0.25) is 4.79 Å². The molecule has 0 atom stereocenters. The summed E-state index contributed by atoms with van der Waals surface area (Å²) in [6.45, 7) is 0. The summed E-state index contributed by atoms with van der Waals surface area (Å²) in [5.41, 5.74) is 5.13. The normalized spacial score (nSPS) is 10.6. The minimum absolute atomic E-state index is 0.0334. The summed E-state index contributed by atoms with van der Waals surface area (Å²) < 4.78 is 0.897. The lowest BCUT2D eigenvalue weighted by molar-refractivity contribution is -0.113. The Hall–Kier alpha value is -2.89. The fourth-order valence-corrected chi connectivity index (χ4v) is 4.40. The molecule has 3 aromatic carbocycles. The molecule has 1 heterocycles. The van der Waals surface area contributed by atoms with Crippen LogP contribution >= 0.6 is 23.1 Å². The lowest BCUT2D eigenvalue weighted by Crippen LogP contribution is -2.13. The number of anilines is 1. The second-order valence-electron chi connectivity index (χ2n) is 6.14. The van der Waals surface area contributed by atoms with Crippen molar-refractivity contribution in [3.05, 3.63) is 90.3 Å². The van der Waals surface area contributed by atoms with E-state index in [0.29, 0.717) is 5.75 Å². The van der Waals surface area contributed by atoms with Crippen molar-refractivity contribution in [2.45, 2.75) is 4.34 Å². The maximum Gasteiger partial charge on any atom is 0.234 e. The van der Waals surface area contributed by atoms with E-state index in [1.807, 2.05) is 78.2 Å². The number of rotatable bonds is 6. The standard InChI is InChI=1S/C23H18N2OS2/c26-22(16-28-23-25-21(15-27-23)19-9-5-2-6-10-19)24-20-13-11-18(12-14-20)17-7-3-1-4-8-17/h1-15H,16H2,(H,24,26). The van der Waals surface area contributed by atoms with Crippen LogP contribution in [-0.4, -0.2) is 16.6 Å². The Morgan fingerprint density at radius 1 is 0.821 bits per heavy atom. The second kappa shape index (κ2) is 8.87. The Morgan fingerprint density at radius 2 is 1.43 bits per heavy atom. The smallest absolute Gasteiger partial charge is 0.234 e. The number of carbonyl (C=O) groups is 1. The fourth-order valence-electron chi connectivity index (χ4n) is 2.77. The number of benzene rings is 3. The maximum absolute atomic E-state index is 12.3. The first-order valence-electron chi connectivity index (χ1n) is 8.87. The number of thiazole rings is 1. The van der Waals surface area contributed by atoms with Gasteiger partial charge in [-0.25, -0.2) is 4.98 Å². The van der Waals surface area contributed by atoms with Crippen molar-refractivity contribution in [2.24, 2.45) is 0 Å². The quantitative estimate of drug-likeness (QED) is 0.390. The number of nitrogens with one attached hydrogen (secondary N) is 1. The van der Waals surface area contributed by atoms with Gasteiger partial charge in [-0.2, -0.15) is 0 Å². The number of nitrogens with zero attached hydrogens (tertiary/aromatic N) is 1. The van der Waals surface area contributed by atoms with Crippen LogP contribution in [0.25, 0.3) is 22.4 Å². The molecule has 0 radical (unpaired) electrons. The molecule has 1 aromatic heterocycles. The molecule has 0 fully saturated rings. The highest BCUT2D eigenvalue weighted by Crippen LogP contribution is 2.28. The van der Waals surface area contributed by atoms with Crippen molar-refractivity contribution in [3.8, 4) is 22.4 Å². The zero-order valence-corrected chi connectivity index (χ0v) is 16.7. The third-order valence-electron chi connectivity index (χ3n) is 4.16. The summed E-state index contributed by atoms with van der Waals surface area (Å²) in [7, 11) is 0. The number of hydrogen-bond acceptors (Lipinski definition) is 4. The Balaban J connectivity index is 1.32. The largest absolute Gasteiger partial charge is 0.325 e. The molecule has 1 N–H and O–H groups in total. The summed E-state index contributed by atoms with van der Waals surface area (Å²) in [6.07, 6.45) is 0. The van der Waals surface area contributed by atoms with Crippen LogP contribution in [0.2, 0.25) is 0 Å². The molecule has 0 aliphatic carbocycles. The number of carbonyl (C=O) groups excluding carboxylic acids is 1. The maximum atomic E-state index is 12.3. The van der Waals surface area contributed by atoms with E-state index >= 15 is 0 Å². The third kappa shape index (κ3) is 4.68. The van der Waals surface area contributed by atoms with Crippen LogP contribution in [0, 0.1) is 0 Å². The lowest BCUT2D eigenvalue weighted by Gasteiger charge is -2.06. The number of aromatic nitrogens is 1. The molecular formula is C23H18N2OS2. The van der Waals surface area contributed by atoms with Crippen LogP contribution in [0.4, 0.5) is 5.69 Å². The van der Waals surface area contributed by atoms with Crippen molar-refractivity contribution in [3.63, 3.8) is 0 Å². The van der Waals surface area contributed by atoms with Gasteiger partial charge in [0.1, 0.15) is 0 Å². The summed E-state index contributed by atoms with van der Waals surface area (Å²) in [4.78, 5) is 16.9. The SMILES string of the molecule is O=C(CSc1nc(-c2ccccc2)cs1)Nc1ccc(-c2ccccc2)cc1. The third-order valence-corrected chi connectivity index (χ3v) is 6.18. The van der Waals surface area contributed by atoms with Gasteiger partial charge in [-0.05, 0) is 23.3 Å². The van der Waals surface area contributed by atoms with Crippen LogP contribution in [0.1, 0.15) is 0 Å². The molecule has 28 heavy (non-hydrogen) atoms. The first-order valence-corrected chi connectivity index (χ1v) is 10.7. The van der Waals surface area contributed by atoms with Crippen molar-refractivity contribution in [2.75, 3.05) is 11.1 Å². The molecular weight excluding hydrogens is 384 g/mol. The van der Waals surface area contributed by atoms with Crippen molar-refractivity contribution in [1.82, 2.24) is 4.98 Å². The highest BCUT2D eigenvalue weighted by Gasteiger charge is 2.08. The first-order chi connectivity index (χ1) is 13.8. The fraction of sp³-hybridized carbons (Fsp3) is 0.0435. The van der Waals surface area contributed by atoms with Crippen LogP contribution in [0.15, 0.2) is 94.6 Å². The Morgan fingerprint density at radius 3 is 2.11 bits per heavy atom. The van der Waals surface area contributed by atoms with Crippen LogP contribution in [-0.2, 0) is 4.79 Å². The molecule has 0 bridgehead atoms. The minimum Gasteiger partial charge on any atom is -0.325 e. The first kappa shape index (κ1) is 18.5. The zero-order chi connectivity index (χ0) is 19.2. The van der Waals surface area contributed by atoms with E-state index in [1.54, 1.807) is 11.3 Å². The van der Waals surface area contributed by atoms with Crippen LogP contribution in [0.5, 0.6) is 0 Å². The van der Waals surface area contributed by atoms with Crippen molar-refractivity contribution >= 4 is 34.7 Å². The van der Waals surface area contributed by atoms with Gasteiger partial charge in [0.2, 0.25) is 5.91 Å². The minimum atomic E-state index is -0.0334. The van der Waals surface area contributed by atoms with Gasteiger partial charge in [0, 0.05) is 16.6 Å². The molecule has 4 aromatic rings. The molecule has 4 rings (SSSR count). The molecule has 138 valence electrons. The Kier molecular flexibility index (Phi) is 5.85. The molecule has 3 nitrogen and oxygen atoms in total. The highest BCUT2D eigenvalue weighted by molar-refractivity contribution is 8.01. The lowest BCUT2D eigenvalue weighted by atomic mass is 10.1. The Labute approximate surface area is 172 Å². The zero-order valence-electron chi connectivity index (χ0n) is 15.0. The van der Waals surface area contributed by atoms with E-state index in [1.165, 1.54) is 11.8 Å². The van der Waals surface area contributed by atoms with Gasteiger partial charge in [0.05, 0.1) is 11.4 Å². The second-order valence-corrected chi connectivity index (χ2v) is 8.23. The van der Waals surface area contributed by atoms with Crippen LogP contribution < -0.4 is 5.32 Å². The average Bonchev–Trinajstić information content (AvgIpc) is 3.23. The van der Waals surface area contributed by atoms with Gasteiger partial charge < -0.3 is 5.32 Å². The predicted octanol–water partition coefficient (Wildman–Crippen LogP) is 6.21. The molecule has 0 saturated heterocycles. The topological polar surface area (TPSA) is 42.0 Å². The van der Waals surface area contributed by atoms with Crippen molar-refractivity contribution in [1.29, 1.82) is 0 Å². The predicted molar refractivity (Wildman–Crippen MR) is 119 cm³/mol. The average molecular weight is 403 g/mol. The van der Waals surface area contributed by atoms with Gasteiger partial charge in [0.25, 0.3) is 0 Å². The van der Waals surface area contributed by atoms with E-state index in [9.17, 15) is 4.79 Å². The number of amides is 1. The van der Waals surface area contributed by atoms with Crippen LogP contribution in [0.3, 0.4) is 0 Å². The monoisotopic (exact) mass is 402 g/mol. The molecule has 5 heteroatoms. The van der Waals surface area contributed by atoms with Gasteiger partial charge in [-0.1, -0.05) is 84.6 Å². The molecule has 0 aliphatic heterocycles. The van der Waals surface area contributed by atoms with E-state index < -0.39 is 0 Å². The van der Waals surface area contributed by atoms with E-state index in [2.05, 4.69) is 22.4 Å². The molecule has 0 spiro atoms. The van der Waals surface area contributed by atoms with Crippen molar-refractivity contribution < 1.29 is 4.79 Å². The molecule has 0 unspecified atom stereocenters. The number of thioether (sulfide) groups is 1. The number of hydrogen-bond donors (Lipinski definition) is 1. The highest BCUT2D eigenvalue weighted by atomic mass is 32.2. The van der Waals surface area contributed by atoms with E-state index in [0.717, 1.165) is 32.4 Å². The van der Waals surface area contributed by atoms with E-state index in [4.69, 9.17) is 0 Å². The summed E-state index contributed by atoms with van der Waals surface area (Å²) in [6, 6.07) is 28.1. The van der Waals surface area contributed by atoms with Gasteiger partial charge in [-0.15, -0.1) is 11.3 Å². The van der Waals surface area contributed by atoms with Gasteiger partial charge in [0.15, 0.2) is 4.34 Å². The molecule has 0 aliphatic rings. The Bertz CT molecular complexity index is 1040. The van der Waals surface area contributed by atoms with E-state index in [-0.39, 0.29) is 5.91 Å². The summed E-state index contributed by atoms with van der Waals surface area (Å²) in [5, 5.41) is 4.97. The van der Waals surface area contributed by atoms with Gasteiger partial charge >= 0.3 is 0 Å². The summed E-state index contributed by atoms with van der Waals surface area (Å²) >= 11 is 3.02. The molecule has 0 saturated carbocycles. The summed E-state index contributed by atoms with van der Waals surface area (Å²) in [5.74, 6) is 0.302. The molecule has 1 amide bonds.